The molecule has 1 aliphatic rings. The van der Waals surface area contributed by atoms with Crippen molar-refractivity contribution in [1.82, 2.24) is 15.0 Å². The number of nitrogens with zero attached hydrogens (tertiary/aromatic N) is 4. The molecule has 0 bridgehead atoms. The molecule has 62 heavy (non-hydrogen) atoms. The minimum absolute atomic E-state index is 0. The summed E-state index contributed by atoms with van der Waals surface area (Å²) in [6.07, 6.45) is -7.41. The van der Waals surface area contributed by atoms with Crippen LogP contribution < -0.4 is 4.57 Å². The molecule has 0 aliphatic heterocycles. The minimum Gasteiger partial charge on any atom is -0.498 e. The zero-order valence-corrected chi connectivity index (χ0v) is 35.5. The van der Waals surface area contributed by atoms with Gasteiger partial charge in [-0.1, -0.05) is 72.3 Å². The maximum atomic E-state index is 16.2. The van der Waals surface area contributed by atoms with Gasteiger partial charge in [-0.3, -0.25) is 0 Å². The van der Waals surface area contributed by atoms with Crippen molar-refractivity contribution in [3.63, 3.8) is 0 Å². The summed E-state index contributed by atoms with van der Waals surface area (Å²) in [5.41, 5.74) is 1.05. The maximum Gasteiger partial charge on any atom is 3.00 e. The number of pyridine rings is 4. The minimum atomic E-state index is -3.19. The van der Waals surface area contributed by atoms with Gasteiger partial charge in [-0.05, 0) is 89.6 Å². The van der Waals surface area contributed by atoms with Crippen LogP contribution in [-0.2, 0) is 58.5 Å². The fourth-order valence-corrected chi connectivity index (χ4v) is 7.48. The van der Waals surface area contributed by atoms with Crippen molar-refractivity contribution < 1.29 is 51.3 Å². The number of hydrogen-bond acceptors (Lipinski definition) is 4. The van der Waals surface area contributed by atoms with Crippen molar-refractivity contribution in [2.24, 2.45) is 0 Å². The molecule has 0 N–H and O–H groups in total. The molecule has 0 atom stereocenters. The van der Waals surface area contributed by atoms with Gasteiger partial charge in [0.1, 0.15) is 2.74 Å². The first-order valence-corrected chi connectivity index (χ1v) is 20.0. The average molecular weight is 1000 g/mol. The quantitative estimate of drug-likeness (QED) is 0.0853. The third kappa shape index (κ3) is 9.06. The Balaban J connectivity index is 0.00000689. The fourth-order valence-electron chi connectivity index (χ4n) is 7.48. The van der Waals surface area contributed by atoms with Gasteiger partial charge in [-0.15, -0.1) is 90.0 Å². The maximum absolute atomic E-state index is 16.2. The van der Waals surface area contributed by atoms with Crippen molar-refractivity contribution in [3.05, 3.63) is 204 Å². The number of aryl methyl sites for hydroxylation is 6. The van der Waals surface area contributed by atoms with Crippen LogP contribution in [-0.4, -0.2) is 15.0 Å². The molecule has 0 spiro atoms. The molecule has 0 saturated heterocycles. The zero-order valence-electron chi connectivity index (χ0n) is 46.1. The summed E-state index contributed by atoms with van der Waals surface area (Å²) in [6.45, 7) is -3.19. The SMILES string of the molecule is [2H]C1(c2ccc3c(oc4c(-c5ccc(C([2H])([2H])C([2H])([2H])c6cc(C([2H])([2H])C([2H])([2H])c7ccc(-c8[c-]cccc8)nc7)c[n+](C([2H])([2H])C([2H])([2H])c7ccc(-c8[c-]cccc8)nc7)c6)cn5)[c-]ccc43)c2F)CCCC1.[Ir+3]. The number of aromatic nitrogens is 4. The molecular weight excluding hydrogens is 944 g/mol. The van der Waals surface area contributed by atoms with Crippen LogP contribution >= 0.6 is 0 Å². The first kappa shape index (κ1) is 28.5. The van der Waals surface area contributed by atoms with Crippen molar-refractivity contribution in [1.29, 1.82) is 0 Å². The molecule has 5 nitrogen and oxygen atoms in total. The monoisotopic (exact) mass is 1000 g/mol. The molecule has 0 unspecified atom stereocenters. The molecule has 1 aliphatic carbocycles. The van der Waals surface area contributed by atoms with Crippen molar-refractivity contribution in [3.8, 4) is 33.8 Å². The van der Waals surface area contributed by atoms with Crippen LogP contribution in [0.1, 0.15) is 82.8 Å². The van der Waals surface area contributed by atoms with E-state index in [1.54, 1.807) is 72.8 Å². The molecule has 0 radical (unpaired) electrons. The van der Waals surface area contributed by atoms with Crippen LogP contribution in [0.25, 0.3) is 55.7 Å². The molecule has 7 heteroatoms. The first-order valence-electron chi connectivity index (χ1n) is 26.5. The number of furan rings is 1. The van der Waals surface area contributed by atoms with Crippen molar-refractivity contribution in [2.75, 3.05) is 0 Å². The van der Waals surface area contributed by atoms with Gasteiger partial charge in [0, 0.05) is 56.6 Å². The number of fused-ring (bicyclic) bond motifs is 3. The van der Waals surface area contributed by atoms with E-state index >= 15 is 4.39 Å². The van der Waals surface area contributed by atoms with Crippen LogP contribution in [0, 0.1) is 24.0 Å². The predicted octanol–water partition coefficient (Wildman–Crippen LogP) is 12.1. The van der Waals surface area contributed by atoms with E-state index in [-0.39, 0.29) is 59.2 Å². The van der Waals surface area contributed by atoms with Gasteiger partial charge in [0.2, 0.25) is 0 Å². The van der Waals surface area contributed by atoms with E-state index < -0.39 is 61.2 Å². The first-order chi connectivity index (χ1) is 35.0. The second-order valence-electron chi connectivity index (χ2n) is 14.6. The van der Waals surface area contributed by atoms with Crippen molar-refractivity contribution in [2.45, 2.75) is 69.9 Å². The molecule has 306 valence electrons. The summed E-state index contributed by atoms with van der Waals surface area (Å²) in [5, 5.41) is 1.04. The third-order valence-electron chi connectivity index (χ3n) is 10.5. The van der Waals surface area contributed by atoms with E-state index in [0.29, 0.717) is 56.3 Å². The molecule has 9 aromatic rings. The van der Waals surface area contributed by atoms with Gasteiger partial charge >= 0.3 is 20.1 Å². The van der Waals surface area contributed by atoms with Gasteiger partial charge in [0.15, 0.2) is 30.3 Å². The smallest absolute Gasteiger partial charge is 0.498 e. The average Bonchev–Trinajstić information content (AvgIpc) is 4.03. The molecule has 1 fully saturated rings. The van der Waals surface area contributed by atoms with Crippen LogP contribution in [0.15, 0.2) is 151 Å². The number of benzene rings is 4. The Hall–Kier alpha value is -6.14. The van der Waals surface area contributed by atoms with Crippen LogP contribution in [0.2, 0.25) is 0 Å². The Labute approximate surface area is 394 Å². The molecule has 5 aromatic heterocycles. The fraction of sp³-hybridized carbons (Fsp3) is 0.200. The van der Waals surface area contributed by atoms with E-state index in [0.717, 1.165) is 49.9 Å². The summed E-state index contributed by atoms with van der Waals surface area (Å²) in [7, 11) is 0. The molecule has 0 amide bonds. The second-order valence-corrected chi connectivity index (χ2v) is 14.6. The largest absolute Gasteiger partial charge is 3.00 e. The summed E-state index contributed by atoms with van der Waals surface area (Å²) in [4.78, 5) is 13.2. The Morgan fingerprint density at radius 3 is 1.74 bits per heavy atom. The number of hydrogen-bond donors (Lipinski definition) is 0. The van der Waals surface area contributed by atoms with Gasteiger partial charge < -0.3 is 19.4 Å². The van der Waals surface area contributed by atoms with Gasteiger partial charge in [-0.25, -0.2) is 8.96 Å². The third-order valence-corrected chi connectivity index (χ3v) is 10.5. The molecule has 4 aromatic carbocycles. The van der Waals surface area contributed by atoms with Crippen LogP contribution in [0.5, 0.6) is 0 Å². The molecular formula is C55H45FIrN4O+. The summed E-state index contributed by atoms with van der Waals surface area (Å²) in [6, 6.07) is 39.1. The van der Waals surface area contributed by atoms with Crippen LogP contribution in [0.4, 0.5) is 4.39 Å². The van der Waals surface area contributed by atoms with E-state index in [9.17, 15) is 16.4 Å². The Kier molecular flexibility index (Phi) is 8.66. The Bertz CT molecular complexity index is 3420. The van der Waals surface area contributed by atoms with E-state index in [1.807, 2.05) is 0 Å². The van der Waals surface area contributed by atoms with E-state index in [1.165, 1.54) is 36.4 Å². The van der Waals surface area contributed by atoms with Gasteiger partial charge in [0.25, 0.3) is 0 Å². The normalized spacial score (nSPS) is 17.9. The van der Waals surface area contributed by atoms with Gasteiger partial charge in [-0.2, -0.15) is 0 Å². The van der Waals surface area contributed by atoms with E-state index in [2.05, 4.69) is 33.2 Å². The van der Waals surface area contributed by atoms with E-state index in [4.69, 9.17) is 5.79 Å². The summed E-state index contributed by atoms with van der Waals surface area (Å²) >= 11 is 0. The molecule has 10 rings (SSSR count). The summed E-state index contributed by atoms with van der Waals surface area (Å²) in [5.74, 6) is -1.67. The zero-order chi connectivity index (χ0) is 52.6. The second kappa shape index (κ2) is 18.9. The van der Waals surface area contributed by atoms with Crippen molar-refractivity contribution >= 4 is 21.9 Å². The number of halogens is 1. The molecule has 1 saturated carbocycles. The Morgan fingerprint density at radius 1 is 0.613 bits per heavy atom. The predicted molar refractivity (Wildman–Crippen MR) is 239 cm³/mol. The Morgan fingerprint density at radius 2 is 1.18 bits per heavy atom. The summed E-state index contributed by atoms with van der Waals surface area (Å²) < 4.78 is 144. The van der Waals surface area contributed by atoms with Crippen LogP contribution in [0.3, 0.4) is 0 Å². The topological polar surface area (TPSA) is 55.7 Å². The number of rotatable bonds is 13. The molecule has 5 heterocycles. The van der Waals surface area contributed by atoms with Gasteiger partial charge in [0.05, 0.1) is 5.58 Å². The standard InChI is InChI=1S/C55H45FN4O.Ir/c56-53-46(43-10-7-8-11-43)25-26-48-47-16-9-17-49(54(47)61-55(48)53)52-29-24-39(34-59-52)19-21-42-32-41(20-18-38-22-27-50(57-33-38)44-12-3-1-4-13-44)36-60(37-42)31-30-40-23-28-51(58-35-40)45-14-5-2-6-15-45;/h1-6,9,12,14,16,22-29,32-37,43H,7-8,10-11,18-21,30-31H2;/q-2;+3/i18D2,19D2,20D2,21D2,30D2,31D2,43D;.